The van der Waals surface area contributed by atoms with Gasteiger partial charge in [-0.15, -0.1) is 0 Å². The Labute approximate surface area is 445 Å². The molecule has 2 aliphatic heterocycles. The fourth-order valence-electron chi connectivity index (χ4n) is 15.5. The van der Waals surface area contributed by atoms with E-state index in [0.717, 1.165) is 94.0 Å². The molecule has 72 heavy (non-hydrogen) atoms. The summed E-state index contributed by atoms with van der Waals surface area (Å²) in [5.74, 6) is -3.07. The highest BCUT2D eigenvalue weighted by Gasteiger charge is 2.63. The van der Waals surface area contributed by atoms with Crippen LogP contribution in [0.3, 0.4) is 0 Å². The van der Waals surface area contributed by atoms with Gasteiger partial charge in [0.1, 0.15) is 5.75 Å². The van der Waals surface area contributed by atoms with Crippen LogP contribution in [0.15, 0.2) is 12.1 Å². The summed E-state index contributed by atoms with van der Waals surface area (Å²) in [6.45, 7) is 38.3. The first-order valence-corrected chi connectivity index (χ1v) is 30.5. The lowest BCUT2D eigenvalue weighted by Crippen LogP contribution is -2.66. The van der Waals surface area contributed by atoms with E-state index in [9.17, 15) is 24.9 Å². The van der Waals surface area contributed by atoms with Gasteiger partial charge < -0.3 is 15.3 Å². The highest BCUT2D eigenvalue weighted by molar-refractivity contribution is 5.99. The molecule has 0 bridgehead atoms. The molecule has 3 rings (SSSR count). The van der Waals surface area contributed by atoms with Gasteiger partial charge in [0.25, 0.3) is 0 Å². The molecular weight excluding hydrogens is 889 g/mol. The number of carboxylic acid groups (broad SMARTS) is 2. The molecule has 7 nitrogen and oxygen atoms in total. The maximum Gasteiger partial charge on any atom is 0.321 e. The van der Waals surface area contributed by atoms with E-state index in [1.165, 1.54) is 116 Å². The number of nitrogens with zero attached hydrogens (tertiary/aromatic N) is 2. The van der Waals surface area contributed by atoms with Crippen molar-refractivity contribution < 1.29 is 24.9 Å². The van der Waals surface area contributed by atoms with Gasteiger partial charge in [0.05, 0.1) is 0 Å². The highest BCUT2D eigenvalue weighted by atomic mass is 16.4. The summed E-state index contributed by atoms with van der Waals surface area (Å²) in [5, 5.41) is 36.3. The Morgan fingerprint density at radius 2 is 0.778 bits per heavy atom. The summed E-state index contributed by atoms with van der Waals surface area (Å²) < 4.78 is 0. The van der Waals surface area contributed by atoms with E-state index in [2.05, 4.69) is 121 Å². The monoisotopic (exact) mass is 1010 g/mol. The fourth-order valence-corrected chi connectivity index (χ4v) is 15.5. The van der Waals surface area contributed by atoms with Crippen LogP contribution in [0.5, 0.6) is 5.75 Å². The van der Waals surface area contributed by atoms with E-state index in [1.54, 1.807) is 0 Å². The van der Waals surface area contributed by atoms with Crippen molar-refractivity contribution in [3.05, 3.63) is 28.8 Å². The number of aromatic hydroxyl groups is 1. The van der Waals surface area contributed by atoms with Gasteiger partial charge >= 0.3 is 11.9 Å². The number of phenols is 1. The third-order valence-corrected chi connectivity index (χ3v) is 18.6. The molecule has 7 heteroatoms. The van der Waals surface area contributed by atoms with Gasteiger partial charge in [-0.1, -0.05) is 196 Å². The minimum atomic E-state index is -2.10. The average molecular weight is 1010 g/mol. The molecule has 0 atom stereocenters. The summed E-state index contributed by atoms with van der Waals surface area (Å²) in [7, 11) is 0. The van der Waals surface area contributed by atoms with Gasteiger partial charge in [-0.2, -0.15) is 0 Å². The number of phenolic OH excluding ortho intramolecular Hbond substituents is 1. The van der Waals surface area contributed by atoms with E-state index in [1.807, 2.05) is 12.1 Å². The van der Waals surface area contributed by atoms with Crippen LogP contribution >= 0.6 is 0 Å². The van der Waals surface area contributed by atoms with Gasteiger partial charge in [0.2, 0.25) is 0 Å². The average Bonchev–Trinajstić information content (AvgIpc) is 3.25. The molecule has 0 unspecified atom stereocenters. The molecule has 2 heterocycles. The quantitative estimate of drug-likeness (QED) is 0.0460. The van der Waals surface area contributed by atoms with Crippen molar-refractivity contribution in [2.24, 2.45) is 23.2 Å². The third-order valence-electron chi connectivity index (χ3n) is 18.6. The maximum atomic E-state index is 14.8. The van der Waals surface area contributed by atoms with Crippen LogP contribution < -0.4 is 0 Å². The summed E-state index contributed by atoms with van der Waals surface area (Å²) in [4.78, 5) is 35.0. The number of carboxylic acids is 2. The van der Waals surface area contributed by atoms with Gasteiger partial charge in [0.15, 0.2) is 5.41 Å². The molecule has 0 amide bonds. The molecule has 2 fully saturated rings. The Kier molecular flexibility index (Phi) is 25.2. The first-order chi connectivity index (χ1) is 33.6. The first kappa shape index (κ1) is 64.2. The van der Waals surface area contributed by atoms with Crippen molar-refractivity contribution in [1.29, 1.82) is 0 Å². The number of benzene rings is 1. The molecule has 418 valence electrons. The number of unbranched alkanes of at least 4 members (excludes halogenated alkanes) is 18. The Balaban J connectivity index is 2.14. The van der Waals surface area contributed by atoms with Crippen molar-refractivity contribution in [2.45, 2.75) is 330 Å². The Morgan fingerprint density at radius 3 is 1.04 bits per heavy atom. The van der Waals surface area contributed by atoms with Crippen LogP contribution in [0.1, 0.15) is 307 Å². The standard InChI is InChI=1S/C65H118N2O5/c1-17-21-23-25-27-29-31-33-35-37-41-66-61(9,10)46-51(47-62(66,11)12)55(52-48-63(13,14)67(64(15,16)49-52)42-38-36-34-32-30-28-26-24-22-18-2)65(57(69)70,58(71)72)45-50-43-53(59(5,6)39-19-3)56(68)54(44-50)60(7,8)40-20-4/h43-44,51-52,55,68H,17-42,45-49H2,1-16H3,(H,69,70)(H,71,72). The van der Waals surface area contributed by atoms with Crippen molar-refractivity contribution in [3.8, 4) is 5.75 Å². The number of hydrogen-bond donors (Lipinski definition) is 3. The number of piperidine rings is 2. The van der Waals surface area contributed by atoms with E-state index < -0.39 is 34.1 Å². The van der Waals surface area contributed by atoms with Gasteiger partial charge in [-0.05, 0) is 160 Å². The van der Waals surface area contributed by atoms with E-state index >= 15 is 0 Å². The Hall–Kier alpha value is -2.12. The number of likely N-dealkylation sites (tertiary alicyclic amines) is 2. The number of carbonyl (C=O) groups is 2. The second kappa shape index (κ2) is 28.3. The normalized spacial score (nSPS) is 19.1. The lowest BCUT2D eigenvalue weighted by atomic mass is 9.52. The fraction of sp³-hybridized carbons (Fsp3) is 0.877. The second-order valence-corrected chi connectivity index (χ2v) is 27.8. The predicted molar refractivity (Wildman–Crippen MR) is 308 cm³/mol. The number of hydrogen-bond acceptors (Lipinski definition) is 5. The number of aliphatic carboxylic acids is 2. The lowest BCUT2D eigenvalue weighted by Gasteiger charge is -2.62. The summed E-state index contributed by atoms with van der Waals surface area (Å²) in [6, 6.07) is 4.00. The maximum absolute atomic E-state index is 14.8. The summed E-state index contributed by atoms with van der Waals surface area (Å²) >= 11 is 0. The van der Waals surface area contributed by atoms with Crippen molar-refractivity contribution >= 4 is 11.9 Å². The Morgan fingerprint density at radius 1 is 0.500 bits per heavy atom. The van der Waals surface area contributed by atoms with E-state index in [0.29, 0.717) is 0 Å². The molecule has 1 aromatic carbocycles. The minimum absolute atomic E-state index is 0.119. The predicted octanol–water partition coefficient (Wildman–Crippen LogP) is 18.2. The van der Waals surface area contributed by atoms with Crippen LogP contribution in [0.2, 0.25) is 0 Å². The van der Waals surface area contributed by atoms with Crippen LogP contribution in [0, 0.1) is 23.2 Å². The van der Waals surface area contributed by atoms with Gasteiger partial charge in [-0.3, -0.25) is 19.4 Å². The highest BCUT2D eigenvalue weighted by Crippen LogP contribution is 2.57. The molecule has 0 aliphatic carbocycles. The van der Waals surface area contributed by atoms with Crippen LogP contribution in [0.4, 0.5) is 0 Å². The zero-order valence-corrected chi connectivity index (χ0v) is 50.4. The van der Waals surface area contributed by atoms with Crippen molar-refractivity contribution in [1.82, 2.24) is 9.80 Å². The molecule has 0 radical (unpaired) electrons. The van der Waals surface area contributed by atoms with Gasteiger partial charge in [0, 0.05) is 33.3 Å². The SMILES string of the molecule is CCCCCCCCCCCCN1C(C)(C)CC(C(C2CC(C)(C)N(CCCCCCCCCCCC)C(C)(C)C2)C(Cc2cc(C(C)(C)CCC)c(O)c(C(C)(C)CCC)c2)(C(=O)O)C(=O)O)CC1(C)C. The van der Waals surface area contributed by atoms with Crippen molar-refractivity contribution in [3.63, 3.8) is 0 Å². The summed E-state index contributed by atoms with van der Waals surface area (Å²) in [6.07, 6.45) is 32.3. The smallest absolute Gasteiger partial charge is 0.321 e. The first-order valence-electron chi connectivity index (χ1n) is 30.5. The minimum Gasteiger partial charge on any atom is -0.507 e. The Bertz CT molecular complexity index is 1620. The molecular formula is C65H118N2O5. The van der Waals surface area contributed by atoms with Crippen LogP contribution in [-0.4, -0.2) is 72.3 Å². The molecule has 0 aromatic heterocycles. The molecule has 2 saturated heterocycles. The largest absolute Gasteiger partial charge is 0.507 e. The van der Waals surface area contributed by atoms with Crippen molar-refractivity contribution in [2.75, 3.05) is 13.1 Å². The van der Waals surface area contributed by atoms with Crippen LogP contribution in [-0.2, 0) is 26.8 Å². The molecule has 2 aliphatic rings. The zero-order valence-electron chi connectivity index (χ0n) is 50.4. The second-order valence-electron chi connectivity index (χ2n) is 27.8. The van der Waals surface area contributed by atoms with Gasteiger partial charge in [-0.25, -0.2) is 0 Å². The third kappa shape index (κ3) is 17.2. The molecule has 3 N–H and O–H groups in total. The number of rotatable bonds is 35. The molecule has 0 saturated carbocycles. The van der Waals surface area contributed by atoms with Crippen LogP contribution in [0.25, 0.3) is 0 Å². The topological polar surface area (TPSA) is 101 Å². The van der Waals surface area contributed by atoms with E-state index in [4.69, 9.17) is 0 Å². The molecule has 0 spiro atoms. The van der Waals surface area contributed by atoms with E-state index in [-0.39, 0.29) is 46.2 Å². The lowest BCUT2D eigenvalue weighted by molar-refractivity contribution is -0.183. The molecule has 1 aromatic rings. The zero-order chi connectivity index (χ0) is 54.2. The summed E-state index contributed by atoms with van der Waals surface area (Å²) in [5.41, 5.74) is -1.63.